The molecule has 0 aliphatic carbocycles. The molecule has 1 fully saturated rings. The molecule has 0 aromatic heterocycles. The summed E-state index contributed by atoms with van der Waals surface area (Å²) in [4.78, 5) is 26.7. The van der Waals surface area contributed by atoms with E-state index in [9.17, 15) is 9.59 Å². The Labute approximate surface area is 198 Å². The van der Waals surface area contributed by atoms with Gasteiger partial charge in [0.15, 0.2) is 11.5 Å². The van der Waals surface area contributed by atoms with Gasteiger partial charge in [-0.15, -0.1) is 0 Å². The Morgan fingerprint density at radius 1 is 0.882 bits per heavy atom. The van der Waals surface area contributed by atoms with Crippen LogP contribution in [0.25, 0.3) is 0 Å². The third-order valence-electron chi connectivity index (χ3n) is 5.92. The topological polar surface area (TPSA) is 74.3 Å². The summed E-state index contributed by atoms with van der Waals surface area (Å²) in [5.41, 5.74) is 2.37. The summed E-state index contributed by atoms with van der Waals surface area (Å²) in [7, 11) is 4.54. The number of hydrogen-bond donors (Lipinski definition) is 0. The van der Waals surface area contributed by atoms with Gasteiger partial charge in [0, 0.05) is 6.54 Å². The number of β-lactam (4-membered cyclic amide) rings is 1. The van der Waals surface area contributed by atoms with E-state index in [4.69, 9.17) is 18.9 Å². The van der Waals surface area contributed by atoms with E-state index in [1.54, 1.807) is 31.3 Å². The molecule has 176 valence electrons. The maximum absolute atomic E-state index is 13.1. The quantitative estimate of drug-likeness (QED) is 0.353. The third-order valence-corrected chi connectivity index (χ3v) is 5.92. The standard InChI is InChI=1S/C27H27NO6/c1-31-22-14-9-18(17-23(22)32-2)15-16-28-24(19-10-12-20(13-11-19)27(30)33-3)25(26(28)29)34-21-7-5-4-6-8-21/h4-14,17,24-25H,15-16H2,1-3H3/t24-,25+/m1/s1. The van der Waals surface area contributed by atoms with E-state index in [1.807, 2.05) is 60.7 Å². The number of methoxy groups -OCH3 is 3. The number of carbonyl (C=O) groups is 2. The SMILES string of the molecule is COC(=O)c1ccc([C@@H]2[C@H](Oc3ccccc3)C(=O)N2CCc2ccc(OC)c(OC)c2)cc1. The summed E-state index contributed by atoms with van der Waals surface area (Å²) in [6, 6.07) is 21.8. The number of nitrogens with zero attached hydrogens (tertiary/aromatic N) is 1. The molecular formula is C27H27NO6. The van der Waals surface area contributed by atoms with Crippen LogP contribution < -0.4 is 14.2 Å². The lowest BCUT2D eigenvalue weighted by atomic mass is 9.89. The lowest BCUT2D eigenvalue weighted by molar-refractivity contribution is -0.164. The smallest absolute Gasteiger partial charge is 0.337 e. The molecule has 0 radical (unpaired) electrons. The van der Waals surface area contributed by atoms with Crippen LogP contribution in [0, 0.1) is 0 Å². The zero-order valence-corrected chi connectivity index (χ0v) is 19.4. The summed E-state index contributed by atoms with van der Waals surface area (Å²) in [5, 5.41) is 0. The third kappa shape index (κ3) is 4.69. The molecule has 0 bridgehead atoms. The van der Waals surface area contributed by atoms with Crippen molar-refractivity contribution in [1.82, 2.24) is 4.90 Å². The van der Waals surface area contributed by atoms with Crippen LogP contribution in [0.15, 0.2) is 72.8 Å². The van der Waals surface area contributed by atoms with Gasteiger partial charge in [-0.05, 0) is 53.9 Å². The van der Waals surface area contributed by atoms with Crippen LogP contribution in [0.5, 0.6) is 17.2 Å². The zero-order chi connectivity index (χ0) is 24.1. The van der Waals surface area contributed by atoms with Gasteiger partial charge in [-0.1, -0.05) is 36.4 Å². The van der Waals surface area contributed by atoms with Crippen LogP contribution in [0.3, 0.4) is 0 Å². The lowest BCUT2D eigenvalue weighted by Crippen LogP contribution is -2.61. The van der Waals surface area contributed by atoms with Crippen LogP contribution in [0.1, 0.15) is 27.5 Å². The average molecular weight is 462 g/mol. The first-order valence-corrected chi connectivity index (χ1v) is 11.0. The second-order valence-corrected chi connectivity index (χ2v) is 7.88. The minimum absolute atomic E-state index is 0.0774. The number of amides is 1. The van der Waals surface area contributed by atoms with Crippen molar-refractivity contribution in [3.63, 3.8) is 0 Å². The average Bonchev–Trinajstić information content (AvgIpc) is 2.89. The highest BCUT2D eigenvalue weighted by atomic mass is 16.5. The molecule has 1 amide bonds. The van der Waals surface area contributed by atoms with Gasteiger partial charge in [0.05, 0.1) is 26.9 Å². The molecule has 1 heterocycles. The molecule has 1 aliphatic heterocycles. The fourth-order valence-electron chi connectivity index (χ4n) is 4.10. The van der Waals surface area contributed by atoms with E-state index < -0.39 is 12.1 Å². The highest BCUT2D eigenvalue weighted by Crippen LogP contribution is 2.38. The highest BCUT2D eigenvalue weighted by molar-refractivity contribution is 5.90. The van der Waals surface area contributed by atoms with Crippen molar-refractivity contribution in [3.8, 4) is 17.2 Å². The summed E-state index contributed by atoms with van der Waals surface area (Å²) in [6.07, 6.45) is -0.00209. The minimum Gasteiger partial charge on any atom is -0.493 e. The number of likely N-dealkylation sites (tertiary alicyclic amines) is 1. The first-order chi connectivity index (χ1) is 16.5. The van der Waals surface area contributed by atoms with Crippen LogP contribution in [-0.4, -0.2) is 50.8 Å². The van der Waals surface area contributed by atoms with Gasteiger partial charge >= 0.3 is 5.97 Å². The number of esters is 1. The van der Waals surface area contributed by atoms with Crippen LogP contribution >= 0.6 is 0 Å². The van der Waals surface area contributed by atoms with E-state index in [1.165, 1.54) is 7.11 Å². The van der Waals surface area contributed by atoms with Crippen molar-refractivity contribution in [2.24, 2.45) is 0 Å². The molecular weight excluding hydrogens is 434 g/mol. The lowest BCUT2D eigenvalue weighted by Gasteiger charge is -2.47. The number of carbonyl (C=O) groups excluding carboxylic acids is 2. The van der Waals surface area contributed by atoms with Gasteiger partial charge in [-0.3, -0.25) is 4.79 Å². The number of hydrogen-bond acceptors (Lipinski definition) is 6. The molecule has 0 spiro atoms. The normalized spacial score (nSPS) is 17.0. The van der Waals surface area contributed by atoms with Crippen molar-refractivity contribution in [2.45, 2.75) is 18.6 Å². The van der Waals surface area contributed by atoms with Gasteiger partial charge < -0.3 is 23.8 Å². The predicted molar refractivity (Wildman–Crippen MR) is 126 cm³/mol. The van der Waals surface area contributed by atoms with E-state index in [0.29, 0.717) is 35.8 Å². The van der Waals surface area contributed by atoms with Crippen molar-refractivity contribution in [3.05, 3.63) is 89.5 Å². The second-order valence-electron chi connectivity index (χ2n) is 7.88. The molecule has 34 heavy (non-hydrogen) atoms. The Bertz CT molecular complexity index is 1150. The fraction of sp³-hybridized carbons (Fsp3) is 0.259. The van der Waals surface area contributed by atoms with Crippen molar-refractivity contribution >= 4 is 11.9 Å². The van der Waals surface area contributed by atoms with Gasteiger partial charge in [-0.25, -0.2) is 4.79 Å². The number of ether oxygens (including phenoxy) is 4. The van der Waals surface area contributed by atoms with E-state index in [-0.39, 0.29) is 11.9 Å². The number of rotatable bonds is 9. The molecule has 0 saturated carbocycles. The number of benzene rings is 3. The Kier molecular flexibility index (Phi) is 7.01. The van der Waals surface area contributed by atoms with Gasteiger partial charge in [0.1, 0.15) is 11.8 Å². The zero-order valence-electron chi connectivity index (χ0n) is 19.4. The predicted octanol–water partition coefficient (Wildman–Crippen LogP) is 4.06. The van der Waals surface area contributed by atoms with E-state index in [2.05, 4.69) is 0 Å². The summed E-state index contributed by atoms with van der Waals surface area (Å²) in [5.74, 6) is 1.46. The Balaban J connectivity index is 1.55. The molecule has 1 aliphatic rings. The Hall–Kier alpha value is -4.00. The molecule has 4 rings (SSSR count). The van der Waals surface area contributed by atoms with Crippen molar-refractivity contribution in [1.29, 1.82) is 0 Å². The Morgan fingerprint density at radius 3 is 2.24 bits per heavy atom. The van der Waals surface area contributed by atoms with E-state index >= 15 is 0 Å². The number of para-hydroxylation sites is 1. The molecule has 0 unspecified atom stereocenters. The first kappa shape index (κ1) is 23.2. The summed E-state index contributed by atoms with van der Waals surface area (Å²) < 4.78 is 21.6. The van der Waals surface area contributed by atoms with Crippen molar-refractivity contribution in [2.75, 3.05) is 27.9 Å². The van der Waals surface area contributed by atoms with Crippen LogP contribution in [0.2, 0.25) is 0 Å². The van der Waals surface area contributed by atoms with Crippen molar-refractivity contribution < 1.29 is 28.5 Å². The second kappa shape index (κ2) is 10.3. The molecule has 3 aromatic carbocycles. The van der Waals surface area contributed by atoms with Gasteiger partial charge in [-0.2, -0.15) is 0 Å². The summed E-state index contributed by atoms with van der Waals surface area (Å²) in [6.45, 7) is 0.506. The summed E-state index contributed by atoms with van der Waals surface area (Å²) >= 11 is 0. The van der Waals surface area contributed by atoms with Crippen LogP contribution in [-0.2, 0) is 16.0 Å². The molecule has 2 atom stereocenters. The monoisotopic (exact) mass is 461 g/mol. The molecule has 7 nitrogen and oxygen atoms in total. The fourth-order valence-corrected chi connectivity index (χ4v) is 4.10. The molecule has 7 heteroatoms. The minimum atomic E-state index is -0.642. The van der Waals surface area contributed by atoms with Gasteiger partial charge in [0.25, 0.3) is 5.91 Å². The van der Waals surface area contributed by atoms with Crippen LogP contribution in [0.4, 0.5) is 0 Å². The Morgan fingerprint density at radius 2 is 1.59 bits per heavy atom. The molecule has 0 N–H and O–H groups in total. The first-order valence-electron chi connectivity index (χ1n) is 11.0. The largest absolute Gasteiger partial charge is 0.493 e. The highest BCUT2D eigenvalue weighted by Gasteiger charge is 2.49. The maximum Gasteiger partial charge on any atom is 0.337 e. The van der Waals surface area contributed by atoms with E-state index in [0.717, 1.165) is 11.1 Å². The molecule has 1 saturated heterocycles. The van der Waals surface area contributed by atoms with Gasteiger partial charge in [0.2, 0.25) is 6.10 Å². The maximum atomic E-state index is 13.1. The molecule has 3 aromatic rings.